The highest BCUT2D eigenvalue weighted by Crippen LogP contribution is 2.32. The average molecular weight is 232 g/mol. The van der Waals surface area contributed by atoms with Crippen LogP contribution in [0, 0.1) is 11.8 Å². The van der Waals surface area contributed by atoms with Crippen LogP contribution in [-0.4, -0.2) is 6.04 Å². The van der Waals surface area contributed by atoms with Gasteiger partial charge in [-0.2, -0.15) is 0 Å². The number of benzene rings is 1. The second kappa shape index (κ2) is 5.44. The van der Waals surface area contributed by atoms with Gasteiger partial charge < -0.3 is 11.1 Å². The summed E-state index contributed by atoms with van der Waals surface area (Å²) < 4.78 is 0. The van der Waals surface area contributed by atoms with Crippen LogP contribution < -0.4 is 11.1 Å². The summed E-state index contributed by atoms with van der Waals surface area (Å²) >= 11 is 0. The Kier molecular flexibility index (Phi) is 3.93. The standard InChI is InChI=1S/C15H24N2/c1-11(2)14-5-3-4-6-15(14)17-13-9-7-12(16)8-10-13/h7-11,14-15,17H,3-6,16H2,1-2H3. The van der Waals surface area contributed by atoms with Gasteiger partial charge in [0.2, 0.25) is 0 Å². The van der Waals surface area contributed by atoms with Gasteiger partial charge in [-0.25, -0.2) is 0 Å². The predicted molar refractivity (Wildman–Crippen MR) is 75.1 cm³/mol. The van der Waals surface area contributed by atoms with Crippen LogP contribution in [0.4, 0.5) is 11.4 Å². The topological polar surface area (TPSA) is 38.0 Å². The highest BCUT2D eigenvalue weighted by molar-refractivity contribution is 5.51. The molecule has 1 saturated carbocycles. The van der Waals surface area contributed by atoms with Crippen LogP contribution in [0.5, 0.6) is 0 Å². The first-order chi connectivity index (χ1) is 8.16. The number of hydrogen-bond donors (Lipinski definition) is 2. The summed E-state index contributed by atoms with van der Waals surface area (Å²) in [5.41, 5.74) is 7.75. The zero-order valence-electron chi connectivity index (χ0n) is 10.9. The Bertz CT molecular complexity index is 342. The molecule has 17 heavy (non-hydrogen) atoms. The van der Waals surface area contributed by atoms with Gasteiger partial charge in [-0.3, -0.25) is 0 Å². The maximum atomic E-state index is 5.71. The summed E-state index contributed by atoms with van der Waals surface area (Å²) in [7, 11) is 0. The van der Waals surface area contributed by atoms with Crippen molar-refractivity contribution in [2.75, 3.05) is 11.1 Å². The summed E-state index contributed by atoms with van der Waals surface area (Å²) in [6, 6.07) is 8.74. The highest BCUT2D eigenvalue weighted by Gasteiger charge is 2.27. The maximum absolute atomic E-state index is 5.71. The second-order valence-corrected chi connectivity index (χ2v) is 5.57. The fourth-order valence-electron chi connectivity index (χ4n) is 2.93. The van der Waals surface area contributed by atoms with Crippen molar-refractivity contribution in [3.05, 3.63) is 24.3 Å². The van der Waals surface area contributed by atoms with Gasteiger partial charge >= 0.3 is 0 Å². The molecule has 0 aromatic heterocycles. The lowest BCUT2D eigenvalue weighted by atomic mass is 9.78. The van der Waals surface area contributed by atoms with Crippen LogP contribution in [0.2, 0.25) is 0 Å². The Morgan fingerprint density at radius 2 is 1.76 bits per heavy atom. The molecule has 0 aliphatic heterocycles. The zero-order valence-corrected chi connectivity index (χ0v) is 10.9. The van der Waals surface area contributed by atoms with Gasteiger partial charge in [0.15, 0.2) is 0 Å². The molecule has 1 fully saturated rings. The first-order valence-electron chi connectivity index (χ1n) is 6.79. The van der Waals surface area contributed by atoms with Crippen LogP contribution in [0.25, 0.3) is 0 Å². The molecule has 94 valence electrons. The van der Waals surface area contributed by atoms with Crippen molar-refractivity contribution < 1.29 is 0 Å². The lowest BCUT2D eigenvalue weighted by Crippen LogP contribution is -2.35. The Morgan fingerprint density at radius 1 is 1.12 bits per heavy atom. The van der Waals surface area contributed by atoms with E-state index in [9.17, 15) is 0 Å². The normalized spacial score (nSPS) is 24.9. The highest BCUT2D eigenvalue weighted by atomic mass is 14.9. The maximum Gasteiger partial charge on any atom is 0.0343 e. The zero-order chi connectivity index (χ0) is 12.3. The van der Waals surface area contributed by atoms with Crippen LogP contribution in [0.15, 0.2) is 24.3 Å². The third-order valence-corrected chi connectivity index (χ3v) is 3.94. The van der Waals surface area contributed by atoms with E-state index in [2.05, 4.69) is 31.3 Å². The van der Waals surface area contributed by atoms with E-state index in [4.69, 9.17) is 5.73 Å². The predicted octanol–water partition coefficient (Wildman–Crippen LogP) is 3.90. The molecular weight excluding hydrogens is 208 g/mol. The fraction of sp³-hybridized carbons (Fsp3) is 0.600. The molecular formula is C15H24N2. The molecule has 0 amide bonds. The molecule has 1 aliphatic rings. The van der Waals surface area contributed by atoms with E-state index in [0.29, 0.717) is 6.04 Å². The summed E-state index contributed by atoms with van der Waals surface area (Å²) in [5, 5.41) is 3.68. The van der Waals surface area contributed by atoms with Crippen molar-refractivity contribution in [2.24, 2.45) is 11.8 Å². The quantitative estimate of drug-likeness (QED) is 0.776. The Balaban J connectivity index is 2.02. The summed E-state index contributed by atoms with van der Waals surface area (Å²) in [5.74, 6) is 1.57. The van der Waals surface area contributed by atoms with Crippen molar-refractivity contribution in [2.45, 2.75) is 45.6 Å². The van der Waals surface area contributed by atoms with E-state index in [1.807, 2.05) is 12.1 Å². The fourth-order valence-corrected chi connectivity index (χ4v) is 2.93. The molecule has 2 atom stereocenters. The van der Waals surface area contributed by atoms with Gasteiger partial charge in [0.05, 0.1) is 0 Å². The Hall–Kier alpha value is -1.18. The lowest BCUT2D eigenvalue weighted by molar-refractivity contribution is 0.254. The van der Waals surface area contributed by atoms with Crippen LogP contribution in [0.1, 0.15) is 39.5 Å². The van der Waals surface area contributed by atoms with E-state index in [1.54, 1.807) is 0 Å². The van der Waals surface area contributed by atoms with Crippen molar-refractivity contribution in [1.29, 1.82) is 0 Å². The van der Waals surface area contributed by atoms with E-state index in [-0.39, 0.29) is 0 Å². The van der Waals surface area contributed by atoms with Crippen LogP contribution in [-0.2, 0) is 0 Å². The van der Waals surface area contributed by atoms with Crippen LogP contribution in [0.3, 0.4) is 0 Å². The molecule has 1 aromatic carbocycles. The van der Waals surface area contributed by atoms with Crippen molar-refractivity contribution in [3.63, 3.8) is 0 Å². The molecule has 3 N–H and O–H groups in total. The number of nitrogens with two attached hydrogens (primary N) is 1. The van der Waals surface area contributed by atoms with Gasteiger partial charge in [-0.15, -0.1) is 0 Å². The molecule has 0 saturated heterocycles. The van der Waals surface area contributed by atoms with Gasteiger partial charge in [-0.1, -0.05) is 26.7 Å². The number of rotatable bonds is 3. The van der Waals surface area contributed by atoms with Gasteiger partial charge in [0.1, 0.15) is 0 Å². The molecule has 0 bridgehead atoms. The first-order valence-corrected chi connectivity index (χ1v) is 6.79. The molecule has 2 heteroatoms. The third kappa shape index (κ3) is 3.15. The molecule has 2 nitrogen and oxygen atoms in total. The minimum atomic E-state index is 0.632. The molecule has 2 unspecified atom stereocenters. The minimum Gasteiger partial charge on any atom is -0.399 e. The second-order valence-electron chi connectivity index (χ2n) is 5.57. The van der Waals surface area contributed by atoms with E-state index in [0.717, 1.165) is 17.5 Å². The summed E-state index contributed by atoms with van der Waals surface area (Å²) in [6.07, 6.45) is 5.41. The van der Waals surface area contributed by atoms with E-state index < -0.39 is 0 Å². The van der Waals surface area contributed by atoms with Gasteiger partial charge in [0.25, 0.3) is 0 Å². The van der Waals surface area contributed by atoms with E-state index >= 15 is 0 Å². The summed E-state index contributed by atoms with van der Waals surface area (Å²) in [6.45, 7) is 4.68. The summed E-state index contributed by atoms with van der Waals surface area (Å²) in [4.78, 5) is 0. The van der Waals surface area contributed by atoms with Gasteiger partial charge in [-0.05, 0) is 48.9 Å². The molecule has 0 radical (unpaired) electrons. The molecule has 2 rings (SSSR count). The lowest BCUT2D eigenvalue weighted by Gasteiger charge is -2.35. The third-order valence-electron chi connectivity index (χ3n) is 3.94. The number of anilines is 2. The monoisotopic (exact) mass is 232 g/mol. The van der Waals surface area contributed by atoms with Crippen molar-refractivity contribution in [3.8, 4) is 0 Å². The van der Waals surface area contributed by atoms with Crippen LogP contribution >= 0.6 is 0 Å². The largest absolute Gasteiger partial charge is 0.399 e. The Labute approximate surface area is 105 Å². The Morgan fingerprint density at radius 3 is 2.41 bits per heavy atom. The van der Waals surface area contributed by atoms with Gasteiger partial charge in [0, 0.05) is 17.4 Å². The molecule has 0 spiro atoms. The number of nitrogens with one attached hydrogen (secondary N) is 1. The van der Waals surface area contributed by atoms with Crippen molar-refractivity contribution >= 4 is 11.4 Å². The number of hydrogen-bond acceptors (Lipinski definition) is 2. The van der Waals surface area contributed by atoms with E-state index in [1.165, 1.54) is 31.4 Å². The smallest absolute Gasteiger partial charge is 0.0343 e. The molecule has 1 aliphatic carbocycles. The first kappa shape index (κ1) is 12.3. The average Bonchev–Trinajstić information content (AvgIpc) is 2.32. The molecule has 0 heterocycles. The minimum absolute atomic E-state index is 0.632. The SMILES string of the molecule is CC(C)C1CCCCC1Nc1ccc(N)cc1. The number of nitrogen functional groups attached to an aromatic ring is 1. The van der Waals surface area contributed by atoms with Crippen molar-refractivity contribution in [1.82, 2.24) is 0 Å². The molecule has 1 aromatic rings.